The number of carbonyl (C=O) groups is 1. The third-order valence-corrected chi connectivity index (χ3v) is 12.7. The number of nitrogens with one attached hydrogen (secondary N) is 1. The zero-order valence-electron chi connectivity index (χ0n) is 32.7. The molecule has 3 N–H and O–H groups in total. The molecule has 0 aromatic heterocycles. The van der Waals surface area contributed by atoms with Crippen LogP contribution in [0.25, 0.3) is 10.8 Å². The molecule has 0 unspecified atom stereocenters. The van der Waals surface area contributed by atoms with Gasteiger partial charge in [-0.2, -0.15) is 0 Å². The highest BCUT2D eigenvalue weighted by Gasteiger charge is 2.64. The SMILES string of the molecule is C=CCO[C@@]12Oc3ccc(OC(=O)NCc4ccccc4)cc3[C@H]3[C@H](CCCCO)[C@@H](CCCCO)C=C(C(=NOCC)C[C@@H]1Sc1ccc4ccccc4c1)[C@H]32. The molecule has 1 aliphatic heterocycles. The Morgan fingerprint density at radius 2 is 1.74 bits per heavy atom. The Bertz CT molecular complexity index is 2050. The molecule has 7 rings (SSSR count). The number of hydrogen-bond acceptors (Lipinski definition) is 9. The normalized spacial score (nSPS) is 24.2. The number of allylic oxidation sites excluding steroid dienone is 1. The van der Waals surface area contributed by atoms with Crippen LogP contribution in [0.4, 0.5) is 4.79 Å². The van der Waals surface area contributed by atoms with Crippen molar-refractivity contribution in [2.24, 2.45) is 22.9 Å². The predicted octanol–water partition coefficient (Wildman–Crippen LogP) is 9.57. The number of hydrogen-bond donors (Lipinski definition) is 3. The van der Waals surface area contributed by atoms with Gasteiger partial charge in [-0.15, -0.1) is 18.3 Å². The van der Waals surface area contributed by atoms with E-state index < -0.39 is 11.9 Å². The van der Waals surface area contributed by atoms with Crippen LogP contribution in [0.3, 0.4) is 0 Å². The number of aliphatic hydroxyl groups is 2. The van der Waals surface area contributed by atoms with Crippen LogP contribution in [-0.4, -0.2) is 59.5 Å². The van der Waals surface area contributed by atoms with Crippen molar-refractivity contribution < 1.29 is 34.1 Å². The highest BCUT2D eigenvalue weighted by molar-refractivity contribution is 8.00. The average Bonchev–Trinajstić information content (AvgIpc) is 3.23. The zero-order valence-corrected chi connectivity index (χ0v) is 33.5. The summed E-state index contributed by atoms with van der Waals surface area (Å²) in [4.78, 5) is 20.1. The van der Waals surface area contributed by atoms with E-state index in [1.165, 1.54) is 5.39 Å². The van der Waals surface area contributed by atoms with Crippen LogP contribution < -0.4 is 14.8 Å². The van der Waals surface area contributed by atoms with Crippen LogP contribution in [0.5, 0.6) is 11.5 Å². The molecule has 1 fully saturated rings. The smallest absolute Gasteiger partial charge is 0.412 e. The summed E-state index contributed by atoms with van der Waals surface area (Å²) in [6, 6.07) is 30.3. The van der Waals surface area contributed by atoms with Crippen molar-refractivity contribution in [3.05, 3.63) is 126 Å². The lowest BCUT2D eigenvalue weighted by Gasteiger charge is -2.58. The first-order valence-corrected chi connectivity index (χ1v) is 21.2. The average molecular weight is 791 g/mol. The fraction of sp³-hybridized carbons (Fsp3) is 0.404. The molecular formula is C47H54N2O7S. The van der Waals surface area contributed by atoms with Gasteiger partial charge in [-0.1, -0.05) is 90.8 Å². The number of carbonyl (C=O) groups excluding carboxylic acids is 1. The summed E-state index contributed by atoms with van der Waals surface area (Å²) in [5.41, 5.74) is 3.85. The first-order valence-electron chi connectivity index (χ1n) is 20.3. The fourth-order valence-electron chi connectivity index (χ4n) is 8.95. The minimum Gasteiger partial charge on any atom is -0.460 e. The van der Waals surface area contributed by atoms with E-state index in [9.17, 15) is 15.0 Å². The van der Waals surface area contributed by atoms with Gasteiger partial charge in [0, 0.05) is 42.6 Å². The van der Waals surface area contributed by atoms with E-state index in [4.69, 9.17) is 24.2 Å². The molecule has 2 aliphatic carbocycles. The Morgan fingerprint density at radius 1 is 0.965 bits per heavy atom. The Labute approximate surface area is 340 Å². The van der Waals surface area contributed by atoms with E-state index in [1.54, 1.807) is 23.9 Å². The van der Waals surface area contributed by atoms with Gasteiger partial charge in [-0.3, -0.25) is 0 Å². The second kappa shape index (κ2) is 19.2. The number of oxime groups is 1. The van der Waals surface area contributed by atoms with Crippen molar-refractivity contribution in [1.29, 1.82) is 0 Å². The molecule has 9 nitrogen and oxygen atoms in total. The molecule has 4 aromatic carbocycles. The number of unbranched alkanes of at least 4 members (excludes halogenated alkanes) is 2. The van der Waals surface area contributed by atoms with Gasteiger partial charge >= 0.3 is 6.09 Å². The van der Waals surface area contributed by atoms with Gasteiger partial charge in [0.25, 0.3) is 0 Å². The fourth-order valence-corrected chi connectivity index (χ4v) is 10.3. The number of fused-ring (bicyclic) bond motifs is 3. The lowest BCUT2D eigenvalue weighted by molar-refractivity contribution is -0.223. The third-order valence-electron chi connectivity index (χ3n) is 11.4. The van der Waals surface area contributed by atoms with Gasteiger partial charge in [-0.05, 0) is 96.7 Å². The molecule has 0 saturated heterocycles. The first-order chi connectivity index (χ1) is 28.0. The quantitative estimate of drug-likeness (QED) is 0.0518. The number of nitrogens with zero attached hydrogens (tertiary/aromatic N) is 1. The maximum absolute atomic E-state index is 13.2. The standard InChI is InChI=1S/C47H54N2O7S/c1-3-26-53-47-43(57-37-22-20-33-16-8-9-17-34(33)27-37)30-41(49-54-4-2)39-28-35(18-10-12-24-50)38(19-11-13-25-51)44(45(39)47)40-29-36(21-23-42(40)56-47)55-46(52)48-31-32-14-6-5-7-15-32/h3,5-9,14-17,20-23,27-29,35,38,43-45,50-51H,1,4,10-13,18-19,24-26,30-31H2,2H3,(H,48,52)/t35-,38+,43-,44+,45+,47+/m0/s1. The summed E-state index contributed by atoms with van der Waals surface area (Å²) in [5.74, 6) is -0.173. The van der Waals surface area contributed by atoms with Crippen LogP contribution in [0.15, 0.2) is 125 Å². The van der Waals surface area contributed by atoms with Crippen molar-refractivity contribution in [3.8, 4) is 11.5 Å². The second-order valence-corrected chi connectivity index (χ2v) is 16.3. The molecule has 0 radical (unpaired) electrons. The summed E-state index contributed by atoms with van der Waals surface area (Å²) in [6.45, 7) is 7.29. The van der Waals surface area contributed by atoms with Crippen molar-refractivity contribution in [1.82, 2.24) is 5.32 Å². The highest BCUT2D eigenvalue weighted by Crippen LogP contribution is 2.63. The van der Waals surface area contributed by atoms with Gasteiger partial charge in [-0.25, -0.2) is 4.79 Å². The van der Waals surface area contributed by atoms with E-state index in [0.29, 0.717) is 43.9 Å². The summed E-state index contributed by atoms with van der Waals surface area (Å²) in [7, 11) is 0. The zero-order chi connectivity index (χ0) is 39.6. The number of rotatable bonds is 18. The van der Waals surface area contributed by atoms with E-state index in [2.05, 4.69) is 60.4 Å². The minimum atomic E-state index is -1.13. The molecular weight excluding hydrogens is 737 g/mol. The van der Waals surface area contributed by atoms with E-state index in [1.807, 2.05) is 49.4 Å². The number of aliphatic hydroxyl groups excluding tert-OH is 2. The van der Waals surface area contributed by atoms with E-state index in [-0.39, 0.29) is 48.7 Å². The third kappa shape index (κ3) is 9.10. The van der Waals surface area contributed by atoms with Crippen molar-refractivity contribution in [2.45, 2.75) is 80.3 Å². The monoisotopic (exact) mass is 790 g/mol. The molecule has 57 heavy (non-hydrogen) atoms. The molecule has 4 aromatic rings. The summed E-state index contributed by atoms with van der Waals surface area (Å²) in [5, 5.41) is 29.5. The Hall–Kier alpha value is -4.61. The molecule has 3 aliphatic rings. The molecule has 1 heterocycles. The Balaban J connectivity index is 1.35. The Kier molecular flexibility index (Phi) is 13.7. The molecule has 1 saturated carbocycles. The number of benzene rings is 4. The number of amides is 1. The maximum atomic E-state index is 13.2. The van der Waals surface area contributed by atoms with Gasteiger partial charge in [0.2, 0.25) is 5.79 Å². The number of ether oxygens (including phenoxy) is 3. The van der Waals surface area contributed by atoms with Gasteiger partial charge in [0.1, 0.15) is 18.1 Å². The number of thioether (sulfide) groups is 1. The van der Waals surface area contributed by atoms with Crippen LogP contribution >= 0.6 is 11.8 Å². The molecule has 0 bridgehead atoms. The maximum Gasteiger partial charge on any atom is 0.412 e. The van der Waals surface area contributed by atoms with Crippen molar-refractivity contribution in [3.63, 3.8) is 0 Å². The first kappa shape index (κ1) is 40.6. The van der Waals surface area contributed by atoms with E-state index >= 15 is 0 Å². The van der Waals surface area contributed by atoms with Gasteiger partial charge < -0.3 is 34.6 Å². The Morgan fingerprint density at radius 3 is 2.51 bits per heavy atom. The highest BCUT2D eigenvalue weighted by atomic mass is 32.2. The van der Waals surface area contributed by atoms with Crippen LogP contribution in [-0.2, 0) is 16.1 Å². The van der Waals surface area contributed by atoms with Crippen molar-refractivity contribution in [2.75, 3.05) is 26.4 Å². The molecule has 6 atom stereocenters. The van der Waals surface area contributed by atoms with Gasteiger partial charge in [0.05, 0.1) is 23.5 Å². The second-order valence-electron chi connectivity index (χ2n) is 15.0. The predicted molar refractivity (Wildman–Crippen MR) is 226 cm³/mol. The molecule has 0 spiro atoms. The molecule has 10 heteroatoms. The molecule has 1 amide bonds. The van der Waals surface area contributed by atoms with Crippen LogP contribution in [0.2, 0.25) is 0 Å². The summed E-state index contributed by atoms with van der Waals surface area (Å²) in [6.07, 6.45) is 9.00. The molecule has 300 valence electrons. The van der Waals surface area contributed by atoms with Crippen molar-refractivity contribution >= 4 is 34.3 Å². The minimum absolute atomic E-state index is 0.120. The van der Waals surface area contributed by atoms with E-state index in [0.717, 1.165) is 58.4 Å². The summed E-state index contributed by atoms with van der Waals surface area (Å²) >= 11 is 1.73. The van der Waals surface area contributed by atoms with Gasteiger partial charge in [0.15, 0.2) is 0 Å². The lowest BCUT2D eigenvalue weighted by Crippen LogP contribution is -2.64. The largest absolute Gasteiger partial charge is 0.460 e. The van der Waals surface area contributed by atoms with Crippen LogP contribution in [0, 0.1) is 17.8 Å². The van der Waals surface area contributed by atoms with Crippen LogP contribution in [0.1, 0.15) is 68.9 Å². The topological polar surface area (TPSA) is 119 Å². The summed E-state index contributed by atoms with van der Waals surface area (Å²) < 4.78 is 20.3. The lowest BCUT2D eigenvalue weighted by atomic mass is 9.56.